The second-order valence-electron chi connectivity index (χ2n) is 8.01. The van der Waals surface area contributed by atoms with Gasteiger partial charge >= 0.3 is 5.97 Å². The van der Waals surface area contributed by atoms with Gasteiger partial charge in [0, 0.05) is 0 Å². The molecule has 0 heterocycles. The van der Waals surface area contributed by atoms with Crippen molar-refractivity contribution in [2.45, 2.75) is 80.0 Å². The van der Waals surface area contributed by atoms with Crippen molar-refractivity contribution in [3.05, 3.63) is 0 Å². The molecule has 0 aliphatic carbocycles. The predicted molar refractivity (Wildman–Crippen MR) is 89.2 cm³/mol. The van der Waals surface area contributed by atoms with Gasteiger partial charge in [0.2, 0.25) is 5.91 Å². The molecule has 0 rings (SSSR count). The third kappa shape index (κ3) is 7.78. The lowest BCUT2D eigenvalue weighted by Crippen LogP contribution is -2.53. The molecule has 5 nitrogen and oxygen atoms in total. The molecule has 0 aliphatic rings. The van der Waals surface area contributed by atoms with Gasteiger partial charge in [-0.2, -0.15) is 0 Å². The maximum Gasteiger partial charge on any atom is 0.329 e. The Morgan fingerprint density at radius 2 is 1.55 bits per heavy atom. The first-order chi connectivity index (χ1) is 9.85. The average Bonchev–Trinajstić information content (AvgIpc) is 2.31. The predicted octanol–water partition coefficient (Wildman–Crippen LogP) is 2.48. The van der Waals surface area contributed by atoms with Crippen molar-refractivity contribution in [3.63, 3.8) is 0 Å². The summed E-state index contributed by atoms with van der Waals surface area (Å²) in [6.07, 6.45) is 0.577. The molecule has 130 valence electrons. The van der Waals surface area contributed by atoms with Crippen molar-refractivity contribution in [1.82, 2.24) is 5.32 Å². The Labute approximate surface area is 135 Å². The van der Waals surface area contributed by atoms with Gasteiger partial charge in [0.05, 0.1) is 12.1 Å². The van der Waals surface area contributed by atoms with Gasteiger partial charge in [-0.3, -0.25) is 4.79 Å². The third-order valence-corrected chi connectivity index (χ3v) is 3.46. The van der Waals surface area contributed by atoms with Crippen LogP contribution in [0.3, 0.4) is 0 Å². The lowest BCUT2D eigenvalue weighted by molar-refractivity contribution is -0.154. The van der Waals surface area contributed by atoms with Crippen LogP contribution in [0, 0.1) is 17.3 Å². The standard InChI is InChI=1S/C17H34N2O3/c1-10(2)13(18)15(20)19-14(11(3)4)16(21)22-12(5)9-17(6,7)8/h10-14H,9,18H2,1-8H3,(H,19,20)/t12?,13-,14+/m1/s1. The van der Waals surface area contributed by atoms with Crippen LogP contribution in [0.4, 0.5) is 0 Å². The van der Waals surface area contributed by atoms with Gasteiger partial charge in [-0.15, -0.1) is 0 Å². The minimum Gasteiger partial charge on any atom is -0.461 e. The molecule has 0 spiro atoms. The summed E-state index contributed by atoms with van der Waals surface area (Å²) in [5.74, 6) is -0.744. The van der Waals surface area contributed by atoms with Crippen molar-refractivity contribution >= 4 is 11.9 Å². The largest absolute Gasteiger partial charge is 0.461 e. The fourth-order valence-corrected chi connectivity index (χ4v) is 2.23. The molecule has 3 atom stereocenters. The number of carbonyl (C=O) groups excluding carboxylic acids is 2. The highest BCUT2D eigenvalue weighted by Gasteiger charge is 2.30. The quantitative estimate of drug-likeness (QED) is 0.707. The van der Waals surface area contributed by atoms with Crippen molar-refractivity contribution in [2.24, 2.45) is 23.0 Å². The number of ether oxygens (including phenoxy) is 1. The van der Waals surface area contributed by atoms with E-state index in [1.165, 1.54) is 0 Å². The van der Waals surface area contributed by atoms with Crippen LogP contribution in [0.1, 0.15) is 61.8 Å². The number of nitrogens with one attached hydrogen (secondary N) is 1. The minimum absolute atomic E-state index is 0.0173. The zero-order valence-electron chi connectivity index (χ0n) is 15.4. The van der Waals surface area contributed by atoms with E-state index in [9.17, 15) is 9.59 Å². The Balaban J connectivity index is 4.75. The number of rotatable bonds is 7. The summed E-state index contributed by atoms with van der Waals surface area (Å²) in [5.41, 5.74) is 5.91. The summed E-state index contributed by atoms with van der Waals surface area (Å²) < 4.78 is 5.50. The third-order valence-electron chi connectivity index (χ3n) is 3.46. The molecule has 3 N–H and O–H groups in total. The van der Waals surface area contributed by atoms with Gasteiger partial charge < -0.3 is 15.8 Å². The van der Waals surface area contributed by atoms with Gasteiger partial charge in [0.25, 0.3) is 0 Å². The Morgan fingerprint density at radius 3 is 1.91 bits per heavy atom. The fourth-order valence-electron chi connectivity index (χ4n) is 2.23. The summed E-state index contributed by atoms with van der Waals surface area (Å²) in [6, 6.07) is -1.29. The topological polar surface area (TPSA) is 81.4 Å². The van der Waals surface area contributed by atoms with Gasteiger partial charge in [0.1, 0.15) is 6.04 Å². The molecule has 0 saturated heterocycles. The van der Waals surface area contributed by atoms with E-state index in [4.69, 9.17) is 10.5 Å². The molecule has 5 heteroatoms. The molecule has 22 heavy (non-hydrogen) atoms. The van der Waals surface area contributed by atoms with Crippen molar-refractivity contribution < 1.29 is 14.3 Å². The SMILES string of the molecule is CC(CC(C)(C)C)OC(=O)[C@@H](NC(=O)[C@H](N)C(C)C)C(C)C. The smallest absolute Gasteiger partial charge is 0.329 e. The molecule has 0 aromatic rings. The number of carbonyl (C=O) groups is 2. The van der Waals surface area contributed by atoms with E-state index in [0.717, 1.165) is 6.42 Å². The molecular weight excluding hydrogens is 280 g/mol. The van der Waals surface area contributed by atoms with Crippen molar-refractivity contribution in [3.8, 4) is 0 Å². The Morgan fingerprint density at radius 1 is 1.05 bits per heavy atom. The molecule has 0 fully saturated rings. The number of esters is 1. The average molecular weight is 314 g/mol. The molecule has 1 unspecified atom stereocenters. The fraction of sp³-hybridized carbons (Fsp3) is 0.882. The second kappa shape index (κ2) is 8.51. The van der Waals surface area contributed by atoms with E-state index in [1.807, 2.05) is 34.6 Å². The minimum atomic E-state index is -0.667. The van der Waals surface area contributed by atoms with Gasteiger partial charge in [-0.05, 0) is 30.6 Å². The van der Waals surface area contributed by atoms with E-state index in [0.29, 0.717) is 0 Å². The van der Waals surface area contributed by atoms with E-state index in [2.05, 4.69) is 26.1 Å². The molecule has 0 aromatic heterocycles. The highest BCUT2D eigenvalue weighted by Crippen LogP contribution is 2.22. The second-order valence-corrected chi connectivity index (χ2v) is 8.01. The number of hydrogen-bond donors (Lipinski definition) is 2. The maximum absolute atomic E-state index is 12.3. The maximum atomic E-state index is 12.3. The van der Waals surface area contributed by atoms with Crippen LogP contribution < -0.4 is 11.1 Å². The summed E-state index contributed by atoms with van der Waals surface area (Å²) in [5, 5.41) is 2.73. The summed E-state index contributed by atoms with van der Waals surface area (Å²) >= 11 is 0. The Hall–Kier alpha value is -1.10. The van der Waals surface area contributed by atoms with E-state index in [1.54, 1.807) is 0 Å². The lowest BCUT2D eigenvalue weighted by atomic mass is 9.90. The van der Waals surface area contributed by atoms with Crippen LogP contribution in [-0.2, 0) is 14.3 Å². The first kappa shape index (κ1) is 20.9. The molecule has 1 amide bonds. The van der Waals surface area contributed by atoms with Crippen molar-refractivity contribution in [2.75, 3.05) is 0 Å². The zero-order chi connectivity index (χ0) is 17.7. The normalized spacial score (nSPS) is 16.3. The number of hydrogen-bond acceptors (Lipinski definition) is 4. The van der Waals surface area contributed by atoms with Crippen LogP contribution in [0.15, 0.2) is 0 Å². The highest BCUT2D eigenvalue weighted by molar-refractivity contribution is 5.87. The molecule has 0 aromatic carbocycles. The molecule has 0 radical (unpaired) electrons. The number of amides is 1. The van der Waals surface area contributed by atoms with Crippen LogP contribution >= 0.6 is 0 Å². The first-order valence-corrected chi connectivity index (χ1v) is 8.11. The summed E-state index contributed by atoms with van der Waals surface area (Å²) in [4.78, 5) is 24.4. The van der Waals surface area contributed by atoms with E-state index >= 15 is 0 Å². The number of nitrogens with two attached hydrogens (primary N) is 1. The molecule has 0 aliphatic heterocycles. The van der Waals surface area contributed by atoms with Crippen LogP contribution in [0.25, 0.3) is 0 Å². The van der Waals surface area contributed by atoms with E-state index < -0.39 is 18.1 Å². The zero-order valence-corrected chi connectivity index (χ0v) is 15.4. The van der Waals surface area contributed by atoms with Gasteiger partial charge in [0.15, 0.2) is 0 Å². The molecule has 0 saturated carbocycles. The van der Waals surface area contributed by atoms with Crippen LogP contribution in [-0.4, -0.2) is 30.1 Å². The van der Waals surface area contributed by atoms with Gasteiger partial charge in [-0.25, -0.2) is 4.79 Å². The van der Waals surface area contributed by atoms with Crippen molar-refractivity contribution in [1.29, 1.82) is 0 Å². The Kier molecular flexibility index (Phi) is 8.09. The highest BCUT2D eigenvalue weighted by atomic mass is 16.5. The lowest BCUT2D eigenvalue weighted by Gasteiger charge is -2.27. The summed E-state index contributed by atoms with van der Waals surface area (Å²) in [6.45, 7) is 15.7. The monoisotopic (exact) mass is 314 g/mol. The van der Waals surface area contributed by atoms with E-state index in [-0.39, 0.29) is 29.3 Å². The Bertz CT molecular complexity index is 373. The van der Waals surface area contributed by atoms with Gasteiger partial charge in [-0.1, -0.05) is 48.5 Å². The van der Waals surface area contributed by atoms with Crippen LogP contribution in [0.2, 0.25) is 0 Å². The van der Waals surface area contributed by atoms with Crippen LogP contribution in [0.5, 0.6) is 0 Å². The molecular formula is C17H34N2O3. The molecule has 0 bridgehead atoms. The first-order valence-electron chi connectivity index (χ1n) is 8.11. The summed E-state index contributed by atoms with van der Waals surface area (Å²) in [7, 11) is 0.